The SMILES string of the molecule is C#C/C(C=NCC(C)C1CCC(C)C2C3CCC4(C)CC(CCC)CCC4C3CCC12C)=C/N. The Kier molecular flexibility index (Phi) is 7.91. The molecule has 0 bridgehead atoms. The van der Waals surface area contributed by atoms with Crippen molar-refractivity contribution in [1.29, 1.82) is 0 Å². The Bertz CT molecular complexity index is 804. The van der Waals surface area contributed by atoms with Crippen molar-refractivity contribution in [3.05, 3.63) is 11.8 Å². The number of fused-ring (bicyclic) bond motifs is 5. The molecule has 190 valence electrons. The highest BCUT2D eigenvalue weighted by atomic mass is 14.7. The van der Waals surface area contributed by atoms with Crippen LogP contribution in [0.3, 0.4) is 0 Å². The van der Waals surface area contributed by atoms with Crippen molar-refractivity contribution in [3.8, 4) is 12.3 Å². The van der Waals surface area contributed by atoms with Crippen LogP contribution in [-0.4, -0.2) is 12.8 Å². The molecule has 0 spiro atoms. The highest BCUT2D eigenvalue weighted by Crippen LogP contribution is 2.67. The second-order valence-electron chi connectivity index (χ2n) is 13.5. The Balaban J connectivity index is 1.51. The van der Waals surface area contributed by atoms with Gasteiger partial charge in [0.2, 0.25) is 0 Å². The zero-order valence-electron chi connectivity index (χ0n) is 22.9. The smallest absolute Gasteiger partial charge is 0.0575 e. The first-order chi connectivity index (χ1) is 16.3. The van der Waals surface area contributed by atoms with Crippen LogP contribution in [-0.2, 0) is 0 Å². The van der Waals surface area contributed by atoms with Gasteiger partial charge in [-0.25, -0.2) is 0 Å². The second-order valence-corrected chi connectivity index (χ2v) is 13.5. The van der Waals surface area contributed by atoms with E-state index in [1.54, 1.807) is 6.21 Å². The van der Waals surface area contributed by atoms with Gasteiger partial charge in [0.05, 0.1) is 5.57 Å². The number of aliphatic imine (C=N–C) groups is 1. The van der Waals surface area contributed by atoms with Crippen molar-refractivity contribution in [2.75, 3.05) is 6.54 Å². The van der Waals surface area contributed by atoms with Gasteiger partial charge in [-0.3, -0.25) is 4.99 Å². The third-order valence-corrected chi connectivity index (χ3v) is 11.6. The number of rotatable bonds is 6. The molecular formula is C32H52N2. The molecule has 4 aliphatic rings. The van der Waals surface area contributed by atoms with Gasteiger partial charge < -0.3 is 5.73 Å². The van der Waals surface area contributed by atoms with Crippen LogP contribution >= 0.6 is 0 Å². The van der Waals surface area contributed by atoms with Crippen molar-refractivity contribution in [2.24, 2.45) is 68.9 Å². The molecule has 0 aromatic rings. The molecule has 34 heavy (non-hydrogen) atoms. The lowest BCUT2D eigenvalue weighted by Gasteiger charge is -2.65. The van der Waals surface area contributed by atoms with Crippen molar-refractivity contribution >= 4 is 6.21 Å². The van der Waals surface area contributed by atoms with E-state index in [9.17, 15) is 0 Å². The lowest BCUT2D eigenvalue weighted by Crippen LogP contribution is -2.57. The Morgan fingerprint density at radius 3 is 2.59 bits per heavy atom. The topological polar surface area (TPSA) is 38.4 Å². The van der Waals surface area contributed by atoms with Crippen LogP contribution in [0.5, 0.6) is 0 Å². The third kappa shape index (κ3) is 4.63. The van der Waals surface area contributed by atoms with Crippen LogP contribution in [0.1, 0.15) is 105 Å². The van der Waals surface area contributed by atoms with E-state index in [4.69, 9.17) is 17.1 Å². The molecule has 0 amide bonds. The molecule has 0 aromatic carbocycles. The molecular weight excluding hydrogens is 412 g/mol. The fraction of sp³-hybridized carbons (Fsp3) is 0.844. The first-order valence-corrected chi connectivity index (χ1v) is 14.7. The first-order valence-electron chi connectivity index (χ1n) is 14.7. The molecule has 4 rings (SSSR count). The van der Waals surface area contributed by atoms with Gasteiger partial charge in [-0.2, -0.15) is 0 Å². The van der Waals surface area contributed by atoms with Crippen molar-refractivity contribution in [2.45, 2.75) is 105 Å². The largest absolute Gasteiger partial charge is 0.404 e. The van der Waals surface area contributed by atoms with Crippen LogP contribution in [0.2, 0.25) is 0 Å². The van der Waals surface area contributed by atoms with Crippen LogP contribution in [0.25, 0.3) is 0 Å². The predicted molar refractivity (Wildman–Crippen MR) is 146 cm³/mol. The summed E-state index contributed by atoms with van der Waals surface area (Å²) in [6, 6.07) is 0. The molecule has 0 aliphatic heterocycles. The lowest BCUT2D eigenvalue weighted by molar-refractivity contribution is -0.157. The summed E-state index contributed by atoms with van der Waals surface area (Å²) in [5, 5.41) is 0. The summed E-state index contributed by atoms with van der Waals surface area (Å²) in [6.07, 6.45) is 24.8. The molecule has 4 saturated carbocycles. The summed E-state index contributed by atoms with van der Waals surface area (Å²) in [4.78, 5) is 4.73. The fourth-order valence-corrected chi connectivity index (χ4v) is 10.3. The van der Waals surface area contributed by atoms with E-state index in [1.165, 1.54) is 76.8 Å². The van der Waals surface area contributed by atoms with Gasteiger partial charge in [-0.15, -0.1) is 6.42 Å². The molecule has 10 atom stereocenters. The molecule has 0 aromatic heterocycles. The van der Waals surface area contributed by atoms with Crippen LogP contribution in [0.15, 0.2) is 16.8 Å². The summed E-state index contributed by atoms with van der Waals surface area (Å²) in [5.41, 5.74) is 7.39. The molecule has 2 N–H and O–H groups in total. The maximum absolute atomic E-state index is 5.61. The van der Waals surface area contributed by atoms with Crippen molar-refractivity contribution in [3.63, 3.8) is 0 Å². The molecule has 4 aliphatic carbocycles. The standard InChI is InChI=1S/C32H52N2/c1-7-9-25-11-13-29-26-15-17-32(6)28(23(4)20-34-21-24(8-2)19-33)12-10-22(3)30(32)27(26)14-16-31(29,5)18-25/h2,19,21-23,25-30H,7,9-18,20,33H2,1,3-6H3/b24-19-,34-21?. The Morgan fingerprint density at radius 2 is 1.88 bits per heavy atom. The second kappa shape index (κ2) is 10.4. The predicted octanol–water partition coefficient (Wildman–Crippen LogP) is 7.88. The van der Waals surface area contributed by atoms with Gasteiger partial charge in [-0.1, -0.05) is 66.2 Å². The number of hydrogen-bond donors (Lipinski definition) is 1. The zero-order valence-corrected chi connectivity index (χ0v) is 22.9. The summed E-state index contributed by atoms with van der Waals surface area (Å²) >= 11 is 0. The Hall–Kier alpha value is -1.23. The van der Waals surface area contributed by atoms with Crippen molar-refractivity contribution in [1.82, 2.24) is 0 Å². The van der Waals surface area contributed by atoms with Crippen LogP contribution in [0.4, 0.5) is 0 Å². The first kappa shape index (κ1) is 25.9. The van der Waals surface area contributed by atoms with E-state index in [1.807, 2.05) is 0 Å². The molecule has 10 unspecified atom stereocenters. The molecule has 2 nitrogen and oxygen atoms in total. The summed E-state index contributed by atoms with van der Waals surface area (Å²) in [7, 11) is 0. The van der Waals surface area contributed by atoms with E-state index >= 15 is 0 Å². The number of terminal acetylenes is 1. The number of nitrogens with two attached hydrogens (primary N) is 1. The average molecular weight is 465 g/mol. The quantitative estimate of drug-likeness (QED) is 0.315. The monoisotopic (exact) mass is 464 g/mol. The highest BCUT2D eigenvalue weighted by molar-refractivity contribution is 5.84. The summed E-state index contributed by atoms with van der Waals surface area (Å²) < 4.78 is 0. The molecule has 0 radical (unpaired) electrons. The molecule has 0 saturated heterocycles. The fourth-order valence-electron chi connectivity index (χ4n) is 10.3. The van der Waals surface area contributed by atoms with E-state index in [0.717, 1.165) is 48.0 Å². The number of allylic oxidation sites excluding steroid dienone is 1. The van der Waals surface area contributed by atoms with E-state index in [0.29, 0.717) is 22.3 Å². The summed E-state index contributed by atoms with van der Waals surface area (Å²) in [6.45, 7) is 13.7. The minimum atomic E-state index is 0.472. The maximum atomic E-state index is 5.61. The number of nitrogens with zero attached hydrogens (tertiary/aromatic N) is 1. The van der Waals surface area contributed by atoms with Gasteiger partial charge in [0.15, 0.2) is 0 Å². The van der Waals surface area contributed by atoms with Gasteiger partial charge in [-0.05, 0) is 103 Å². The van der Waals surface area contributed by atoms with Crippen LogP contribution < -0.4 is 5.73 Å². The van der Waals surface area contributed by atoms with E-state index < -0.39 is 0 Å². The van der Waals surface area contributed by atoms with Gasteiger partial charge >= 0.3 is 0 Å². The van der Waals surface area contributed by atoms with E-state index in [-0.39, 0.29) is 0 Å². The van der Waals surface area contributed by atoms with Gasteiger partial charge in [0.25, 0.3) is 0 Å². The summed E-state index contributed by atoms with van der Waals surface area (Å²) in [5.74, 6) is 9.70. The highest BCUT2D eigenvalue weighted by Gasteiger charge is 2.59. The molecule has 4 fully saturated rings. The average Bonchev–Trinajstić information content (AvgIpc) is 2.81. The minimum absolute atomic E-state index is 0.472. The molecule has 2 heteroatoms. The van der Waals surface area contributed by atoms with E-state index in [2.05, 4.69) is 40.5 Å². The Labute approximate surface area is 211 Å². The van der Waals surface area contributed by atoms with Gasteiger partial charge in [0.1, 0.15) is 0 Å². The van der Waals surface area contributed by atoms with Crippen molar-refractivity contribution < 1.29 is 0 Å². The lowest BCUT2D eigenvalue weighted by atomic mass is 9.40. The Morgan fingerprint density at radius 1 is 1.12 bits per heavy atom. The zero-order chi connectivity index (χ0) is 24.5. The van der Waals surface area contributed by atoms with Crippen LogP contribution in [0, 0.1) is 70.5 Å². The third-order valence-electron chi connectivity index (χ3n) is 11.6. The normalized spacial score (nSPS) is 45.6. The van der Waals surface area contributed by atoms with Gasteiger partial charge in [0, 0.05) is 19.0 Å². The maximum Gasteiger partial charge on any atom is 0.0575 e. The minimum Gasteiger partial charge on any atom is -0.404 e. The molecule has 0 heterocycles. The number of hydrogen-bond acceptors (Lipinski definition) is 2.